The summed E-state index contributed by atoms with van der Waals surface area (Å²) < 4.78 is 22.4. The molecule has 42 heavy (non-hydrogen) atoms. The lowest BCUT2D eigenvalue weighted by Crippen LogP contribution is -2.44. The van der Waals surface area contributed by atoms with E-state index in [2.05, 4.69) is 27.7 Å². The Morgan fingerprint density at radius 3 is 1.50 bits per heavy atom. The molecule has 4 unspecified atom stereocenters. The number of rotatable bonds is 3. The van der Waals surface area contributed by atoms with Crippen molar-refractivity contribution in [2.45, 2.75) is 130 Å². The number of carbonyl (C=O) groups is 2. The SMILES string of the molecule is CC[C@@H]1CCC(O)N1C(=O)OC(C)(C)C.CC[C@@H]1CCC(OC)N1C(=O)OC(C)(C)C.CO.O=C=O.O=C=O.[3H][P+](P)=S. The van der Waals surface area contributed by atoms with Gasteiger partial charge in [0.25, 0.3) is 0 Å². The maximum Gasteiger partial charge on any atom is 0.412 e. The molecule has 16 heteroatoms. The fourth-order valence-corrected chi connectivity index (χ4v) is 3.91. The lowest BCUT2D eigenvalue weighted by molar-refractivity contribution is -0.193. The predicted molar refractivity (Wildman–Crippen MR) is 163 cm³/mol. The molecule has 0 aromatic carbocycles. The van der Waals surface area contributed by atoms with Crippen LogP contribution in [0, 0.1) is 0 Å². The molecule has 2 N–H and O–H groups in total. The molecule has 2 aliphatic rings. The summed E-state index contributed by atoms with van der Waals surface area (Å²) in [7, 11) is 4.84. The first-order valence-electron chi connectivity index (χ1n) is 13.6. The van der Waals surface area contributed by atoms with Gasteiger partial charge < -0.3 is 24.4 Å². The second-order valence-corrected chi connectivity index (χ2v) is 13.2. The number of aliphatic hydroxyl groups is 2. The predicted octanol–water partition coefficient (Wildman–Crippen LogP) is 4.24. The molecule has 2 aliphatic heterocycles. The molecule has 0 aromatic heterocycles. The average Bonchev–Trinajstić information content (AvgIpc) is 3.47. The minimum Gasteiger partial charge on any atom is -0.444 e. The van der Waals surface area contributed by atoms with Gasteiger partial charge in [0.15, 0.2) is 18.8 Å². The van der Waals surface area contributed by atoms with E-state index in [1.807, 2.05) is 48.5 Å². The third kappa shape index (κ3) is 22.7. The minimum atomic E-state index is -0.870. The summed E-state index contributed by atoms with van der Waals surface area (Å²) in [4.78, 5) is 59.5. The summed E-state index contributed by atoms with van der Waals surface area (Å²) in [5.41, 5.74) is -0.950. The van der Waals surface area contributed by atoms with Crippen molar-refractivity contribution in [2.24, 2.45) is 0 Å². The van der Waals surface area contributed by atoms with Crippen LogP contribution in [0.5, 0.6) is 0 Å². The van der Waals surface area contributed by atoms with E-state index >= 15 is 0 Å². The summed E-state index contributed by atoms with van der Waals surface area (Å²) in [6.45, 7) is 14.3. The smallest absolute Gasteiger partial charge is 0.412 e. The fourth-order valence-electron chi connectivity index (χ4n) is 3.91. The highest BCUT2D eigenvalue weighted by Gasteiger charge is 2.39. The minimum absolute atomic E-state index is 0.120. The molecule has 0 spiro atoms. The molecule has 246 valence electrons. The van der Waals surface area contributed by atoms with Crippen LogP contribution in [0.2, 0.25) is 0 Å². The summed E-state index contributed by atoms with van der Waals surface area (Å²) in [5.74, 6) is 0. The van der Waals surface area contributed by atoms with E-state index in [0.29, 0.717) is 6.42 Å². The summed E-state index contributed by atoms with van der Waals surface area (Å²) in [6, 6.07) is 0.370. The van der Waals surface area contributed by atoms with Crippen LogP contribution in [0.3, 0.4) is 0 Å². The summed E-state index contributed by atoms with van der Waals surface area (Å²) in [6.07, 6.45) is 4.24. The van der Waals surface area contributed by atoms with Gasteiger partial charge in [-0.25, -0.2) is 9.59 Å². The molecule has 0 bridgehead atoms. The van der Waals surface area contributed by atoms with Crippen molar-refractivity contribution in [1.82, 2.24) is 9.80 Å². The van der Waals surface area contributed by atoms with Crippen molar-refractivity contribution in [1.29, 1.82) is 1.28 Å². The first-order chi connectivity index (χ1) is 19.8. The van der Waals surface area contributed by atoms with Crippen LogP contribution < -0.4 is 0 Å². The van der Waals surface area contributed by atoms with Gasteiger partial charge in [-0.15, -0.1) is 0 Å². The first kappa shape index (κ1) is 44.6. The molecule has 0 saturated carbocycles. The molecule has 2 heterocycles. The number of carbonyl (C=O) groups excluding carboxylic acids is 6. The van der Waals surface area contributed by atoms with E-state index in [9.17, 15) is 14.7 Å². The van der Waals surface area contributed by atoms with Gasteiger partial charge in [0.2, 0.25) is 0 Å². The maximum atomic E-state index is 12.0. The van der Waals surface area contributed by atoms with Gasteiger partial charge in [0.05, 0.1) is 8.93 Å². The Bertz CT molecular complexity index is 833. The third-order valence-electron chi connectivity index (χ3n) is 5.35. The normalized spacial score (nSPS) is 21.1. The van der Waals surface area contributed by atoms with Crippen molar-refractivity contribution in [3.8, 4) is 0 Å². The number of ether oxygens (including phenoxy) is 3. The zero-order chi connectivity index (χ0) is 35.0. The standard InChI is InChI=1S/C12H23NO3.C11H21NO3.2CO2.CH4O.H2P2S/c1-6-9-7-8-10(15-5)13(9)11(14)16-12(2,3)4;1-5-8-6-7-9(13)12(8)10(14)15-11(2,3)4;2*2-1-3;1-2;1-2-3/h9-10H,6-8H2,1-5H3;8-9,13H,5-7H2,1-4H3;;;2H,1H3;1H2/p+1/t9-,10?;8-,9?;;;;/m11..../s1/i/hT. The number of hydrogen-bond acceptors (Lipinski definition) is 12. The van der Waals surface area contributed by atoms with Crippen molar-refractivity contribution >= 4 is 52.2 Å². The van der Waals surface area contributed by atoms with Crippen LogP contribution in [0.25, 0.3) is 0 Å². The van der Waals surface area contributed by atoms with Crippen molar-refractivity contribution in [3.63, 3.8) is 0 Å². The highest BCUT2D eigenvalue weighted by Crippen LogP contribution is 2.29. The van der Waals surface area contributed by atoms with E-state index < -0.39 is 30.5 Å². The van der Waals surface area contributed by atoms with Crippen molar-refractivity contribution < 1.29 is 53.2 Å². The van der Waals surface area contributed by atoms with Crippen LogP contribution in [0.4, 0.5) is 9.59 Å². The topological polar surface area (TPSA) is 177 Å². The molecule has 2 amide bonds. The highest BCUT2D eigenvalue weighted by molar-refractivity contribution is 8.24. The molecular formula is C26H51N2O11P2S+. The fraction of sp³-hybridized carbons (Fsp3) is 0.846. The van der Waals surface area contributed by atoms with Gasteiger partial charge in [-0.05, 0) is 80.1 Å². The lowest BCUT2D eigenvalue weighted by Gasteiger charge is -2.31. The molecule has 13 nitrogen and oxygen atoms in total. The van der Waals surface area contributed by atoms with Crippen molar-refractivity contribution in [3.05, 3.63) is 0 Å². The van der Waals surface area contributed by atoms with Gasteiger partial charge in [0.1, 0.15) is 23.7 Å². The molecular weight excluding hydrogens is 610 g/mol. The summed E-state index contributed by atoms with van der Waals surface area (Å²) in [5, 5.41) is 16.7. The van der Waals surface area contributed by atoms with Crippen LogP contribution >= 0.6 is 15.9 Å². The molecule has 0 aliphatic carbocycles. The number of nitrogens with zero attached hydrogens (tertiary/aromatic N) is 2. The summed E-state index contributed by atoms with van der Waals surface area (Å²) >= 11 is 4.31. The number of amides is 2. The molecule has 2 saturated heterocycles. The van der Waals surface area contributed by atoms with E-state index in [1.165, 1.54) is 4.90 Å². The molecule has 0 radical (unpaired) electrons. The largest absolute Gasteiger partial charge is 0.444 e. The van der Waals surface area contributed by atoms with Gasteiger partial charge in [0, 0.05) is 26.3 Å². The zero-order valence-electron chi connectivity index (χ0n) is 27.4. The number of hydrogen-bond donors (Lipinski definition) is 2. The second kappa shape index (κ2) is 26.7. The number of methoxy groups -OCH3 is 1. The van der Waals surface area contributed by atoms with Gasteiger partial charge in [-0.1, -0.05) is 13.8 Å². The first-order valence-corrected chi connectivity index (χ1v) is 16.7. The van der Waals surface area contributed by atoms with E-state index in [-0.39, 0.29) is 36.7 Å². The Morgan fingerprint density at radius 2 is 1.19 bits per heavy atom. The molecule has 2 rings (SSSR count). The molecule has 2 fully saturated rings. The Hall–Kier alpha value is -1.87. The van der Waals surface area contributed by atoms with Crippen LogP contribution in [0.1, 0.15) is 93.9 Å². The number of aliphatic hydroxyl groups excluding tert-OH is 2. The Labute approximate surface area is 260 Å². The van der Waals surface area contributed by atoms with Gasteiger partial charge >= 0.3 is 25.8 Å². The second-order valence-electron chi connectivity index (χ2n) is 10.5. The average molecular weight is 664 g/mol. The lowest BCUT2D eigenvalue weighted by atomic mass is 10.2. The quantitative estimate of drug-likeness (QED) is 0.411. The Morgan fingerprint density at radius 1 is 0.881 bits per heavy atom. The third-order valence-corrected chi connectivity index (χ3v) is 5.35. The van der Waals surface area contributed by atoms with Crippen LogP contribution in [0.15, 0.2) is 0 Å². The molecule has 6 atom stereocenters. The van der Waals surface area contributed by atoms with E-state index in [4.69, 9.17) is 39.8 Å². The Balaban J connectivity index is -0.000000259. The van der Waals surface area contributed by atoms with Crippen LogP contribution in [-0.2, 0) is 45.2 Å². The zero-order valence-corrected chi connectivity index (χ0v) is 29.3. The van der Waals surface area contributed by atoms with Crippen molar-refractivity contribution in [2.75, 3.05) is 14.2 Å². The molecule has 0 aromatic rings. The van der Waals surface area contributed by atoms with E-state index in [0.717, 1.165) is 39.2 Å². The maximum absolute atomic E-state index is 12.0. The van der Waals surface area contributed by atoms with Crippen LogP contribution in [-0.4, -0.2) is 95.7 Å². The van der Waals surface area contributed by atoms with Gasteiger partial charge in [-0.2, -0.15) is 19.2 Å². The number of likely N-dealkylation sites (tertiary alicyclic amines) is 2. The highest BCUT2D eigenvalue weighted by atomic mass is 32.6. The monoisotopic (exact) mass is 663 g/mol. The van der Waals surface area contributed by atoms with E-state index in [1.54, 1.807) is 12.0 Å². The Kier molecular flexibility index (Phi) is 28.4. The van der Waals surface area contributed by atoms with Gasteiger partial charge in [-0.3, -0.25) is 9.80 Å².